The predicted molar refractivity (Wildman–Crippen MR) is 87.8 cm³/mol. The van der Waals surface area contributed by atoms with Crippen LogP contribution in [-0.2, 0) is 4.74 Å². The van der Waals surface area contributed by atoms with Crippen LogP contribution in [0.25, 0.3) is 0 Å². The van der Waals surface area contributed by atoms with E-state index < -0.39 is 5.60 Å². The van der Waals surface area contributed by atoms with Gasteiger partial charge in [-0.15, -0.1) is 0 Å². The van der Waals surface area contributed by atoms with Crippen LogP contribution >= 0.6 is 0 Å². The minimum absolute atomic E-state index is 0.328. The number of carbonyl (C=O) groups is 1. The van der Waals surface area contributed by atoms with Crippen LogP contribution in [-0.4, -0.2) is 40.7 Å². The Kier molecular flexibility index (Phi) is 5.51. The second-order valence-electron chi connectivity index (χ2n) is 7.07. The van der Waals surface area contributed by atoms with E-state index in [1.807, 2.05) is 33.0 Å². The molecule has 2 heterocycles. The van der Waals surface area contributed by atoms with Crippen LogP contribution in [0.3, 0.4) is 0 Å². The Morgan fingerprint density at radius 2 is 2.27 bits per heavy atom. The lowest BCUT2D eigenvalue weighted by Crippen LogP contribution is -2.48. The molecule has 0 bridgehead atoms. The molecule has 1 fully saturated rings. The molecule has 5 heteroatoms. The molecule has 1 aromatic rings. The van der Waals surface area contributed by atoms with Gasteiger partial charge in [0.15, 0.2) is 0 Å². The number of nitrogens with zero attached hydrogens (tertiary/aromatic N) is 1. The van der Waals surface area contributed by atoms with E-state index in [9.17, 15) is 4.79 Å². The molecule has 1 saturated heterocycles. The molecule has 2 N–H and O–H groups in total. The van der Waals surface area contributed by atoms with Crippen molar-refractivity contribution in [1.29, 1.82) is 0 Å². The molecule has 2 atom stereocenters. The van der Waals surface area contributed by atoms with Gasteiger partial charge in [0.2, 0.25) is 0 Å². The highest BCUT2D eigenvalue weighted by Gasteiger charge is 2.28. The van der Waals surface area contributed by atoms with Crippen molar-refractivity contribution in [2.45, 2.75) is 64.6 Å². The zero-order chi connectivity index (χ0) is 16.2. The highest BCUT2D eigenvalue weighted by atomic mass is 16.6. The topological polar surface area (TPSA) is 57.4 Å². The SMILES string of the molecule is C[C@H](c1ccc[nH]1)N1CCCC[C@@H]1CNC(=O)OC(C)(C)C. The van der Waals surface area contributed by atoms with Crippen molar-refractivity contribution in [1.82, 2.24) is 15.2 Å². The van der Waals surface area contributed by atoms with Crippen molar-refractivity contribution in [2.75, 3.05) is 13.1 Å². The molecular formula is C17H29N3O2. The number of carbonyl (C=O) groups excluding carboxylic acids is 1. The smallest absolute Gasteiger partial charge is 0.407 e. The van der Waals surface area contributed by atoms with Crippen molar-refractivity contribution in [3.63, 3.8) is 0 Å². The third-order valence-corrected chi connectivity index (χ3v) is 4.12. The predicted octanol–water partition coefficient (Wildman–Crippen LogP) is 3.45. The fourth-order valence-corrected chi connectivity index (χ4v) is 3.05. The summed E-state index contributed by atoms with van der Waals surface area (Å²) in [5.41, 5.74) is 0.776. The Balaban J connectivity index is 1.91. The third kappa shape index (κ3) is 4.77. The van der Waals surface area contributed by atoms with Crippen LogP contribution in [0.5, 0.6) is 0 Å². The lowest BCUT2D eigenvalue weighted by molar-refractivity contribution is 0.0470. The van der Waals surface area contributed by atoms with Gasteiger partial charge in [-0.25, -0.2) is 4.79 Å². The highest BCUT2D eigenvalue weighted by molar-refractivity contribution is 5.67. The van der Waals surface area contributed by atoms with Crippen molar-refractivity contribution >= 4 is 6.09 Å². The first-order chi connectivity index (χ1) is 10.4. The fraction of sp³-hybridized carbons (Fsp3) is 0.706. The zero-order valence-electron chi connectivity index (χ0n) is 14.2. The van der Waals surface area contributed by atoms with Gasteiger partial charge in [0.05, 0.1) is 0 Å². The van der Waals surface area contributed by atoms with E-state index in [2.05, 4.69) is 28.2 Å². The van der Waals surface area contributed by atoms with Crippen molar-refractivity contribution in [3.05, 3.63) is 24.0 Å². The summed E-state index contributed by atoms with van der Waals surface area (Å²) in [6.45, 7) is 9.57. The molecular weight excluding hydrogens is 278 g/mol. The number of ether oxygens (including phenoxy) is 1. The monoisotopic (exact) mass is 307 g/mol. The second kappa shape index (κ2) is 7.18. The first-order valence-corrected chi connectivity index (χ1v) is 8.23. The van der Waals surface area contributed by atoms with Gasteiger partial charge in [-0.3, -0.25) is 4.90 Å². The fourth-order valence-electron chi connectivity index (χ4n) is 3.05. The number of hydrogen-bond donors (Lipinski definition) is 2. The number of piperidine rings is 1. The lowest BCUT2D eigenvalue weighted by atomic mass is 9.99. The van der Waals surface area contributed by atoms with E-state index in [0.29, 0.717) is 18.6 Å². The van der Waals surface area contributed by atoms with Crippen LogP contribution in [0.2, 0.25) is 0 Å². The minimum atomic E-state index is -0.451. The van der Waals surface area contributed by atoms with E-state index >= 15 is 0 Å². The maximum absolute atomic E-state index is 11.8. The number of aromatic nitrogens is 1. The number of H-pyrrole nitrogens is 1. The summed E-state index contributed by atoms with van der Waals surface area (Å²) < 4.78 is 5.32. The summed E-state index contributed by atoms with van der Waals surface area (Å²) >= 11 is 0. The van der Waals surface area contributed by atoms with Gasteiger partial charge in [0.25, 0.3) is 0 Å². The Hall–Kier alpha value is -1.49. The van der Waals surface area contributed by atoms with Crippen LogP contribution in [0.15, 0.2) is 18.3 Å². The molecule has 0 radical (unpaired) electrons. The number of nitrogens with one attached hydrogen (secondary N) is 2. The Bertz CT molecular complexity index is 465. The number of rotatable bonds is 4. The average Bonchev–Trinajstić information content (AvgIpc) is 2.97. The largest absolute Gasteiger partial charge is 0.444 e. The van der Waals surface area contributed by atoms with Gasteiger partial charge < -0.3 is 15.0 Å². The molecule has 1 aliphatic rings. The summed E-state index contributed by atoms with van der Waals surface area (Å²) in [5.74, 6) is 0. The maximum atomic E-state index is 11.8. The molecule has 0 unspecified atom stereocenters. The number of hydrogen-bond acceptors (Lipinski definition) is 3. The quantitative estimate of drug-likeness (QED) is 0.895. The van der Waals surface area contributed by atoms with E-state index in [1.165, 1.54) is 18.5 Å². The van der Waals surface area contributed by atoms with Crippen molar-refractivity contribution < 1.29 is 9.53 Å². The number of likely N-dealkylation sites (tertiary alicyclic amines) is 1. The molecule has 0 aliphatic carbocycles. The molecule has 0 aromatic carbocycles. The van der Waals surface area contributed by atoms with Crippen LogP contribution in [0.1, 0.15) is 58.7 Å². The number of alkyl carbamates (subject to hydrolysis) is 1. The Labute approximate surface area is 133 Å². The minimum Gasteiger partial charge on any atom is -0.444 e. The van der Waals surface area contributed by atoms with Gasteiger partial charge in [-0.1, -0.05) is 6.42 Å². The summed E-state index contributed by atoms with van der Waals surface area (Å²) in [6, 6.07) is 4.85. The maximum Gasteiger partial charge on any atom is 0.407 e. The molecule has 2 rings (SSSR count). The first-order valence-electron chi connectivity index (χ1n) is 8.23. The molecule has 124 valence electrons. The molecule has 1 amide bonds. The van der Waals surface area contributed by atoms with Crippen molar-refractivity contribution in [3.8, 4) is 0 Å². The van der Waals surface area contributed by atoms with Crippen LogP contribution in [0, 0.1) is 0 Å². The van der Waals surface area contributed by atoms with E-state index in [-0.39, 0.29) is 6.09 Å². The first kappa shape index (κ1) is 16.9. The summed E-state index contributed by atoms with van der Waals surface area (Å²) in [5, 5.41) is 2.93. The molecule has 0 saturated carbocycles. The van der Waals surface area contributed by atoms with Gasteiger partial charge in [-0.2, -0.15) is 0 Å². The number of amides is 1. The Morgan fingerprint density at radius 3 is 2.91 bits per heavy atom. The summed E-state index contributed by atoms with van der Waals surface area (Å²) in [7, 11) is 0. The Morgan fingerprint density at radius 1 is 1.50 bits per heavy atom. The molecule has 1 aromatic heterocycles. The normalized spacial score (nSPS) is 21.4. The lowest BCUT2D eigenvalue weighted by Gasteiger charge is -2.39. The second-order valence-corrected chi connectivity index (χ2v) is 7.07. The summed E-state index contributed by atoms with van der Waals surface area (Å²) in [4.78, 5) is 17.6. The number of aromatic amines is 1. The van der Waals surface area contributed by atoms with Crippen molar-refractivity contribution in [2.24, 2.45) is 0 Å². The van der Waals surface area contributed by atoms with Gasteiger partial charge in [-0.05, 0) is 59.2 Å². The highest BCUT2D eigenvalue weighted by Crippen LogP contribution is 2.27. The van der Waals surface area contributed by atoms with Gasteiger partial charge in [0.1, 0.15) is 5.60 Å². The van der Waals surface area contributed by atoms with E-state index in [4.69, 9.17) is 4.74 Å². The van der Waals surface area contributed by atoms with E-state index in [0.717, 1.165) is 13.0 Å². The molecule has 1 aliphatic heterocycles. The van der Waals surface area contributed by atoms with Crippen LogP contribution < -0.4 is 5.32 Å². The van der Waals surface area contributed by atoms with E-state index in [1.54, 1.807) is 0 Å². The molecule has 22 heavy (non-hydrogen) atoms. The van der Waals surface area contributed by atoms with Crippen LogP contribution in [0.4, 0.5) is 4.79 Å². The van der Waals surface area contributed by atoms with Gasteiger partial charge in [0, 0.05) is 30.5 Å². The van der Waals surface area contributed by atoms with Gasteiger partial charge >= 0.3 is 6.09 Å². The zero-order valence-corrected chi connectivity index (χ0v) is 14.2. The summed E-state index contributed by atoms with van der Waals surface area (Å²) in [6.07, 6.45) is 5.18. The molecule has 0 spiro atoms. The standard InChI is InChI=1S/C17H29N3O2/c1-13(15-9-7-10-18-15)20-11-6-5-8-14(20)12-19-16(21)22-17(2,3)4/h7,9-10,13-14,18H,5-6,8,11-12H2,1-4H3,(H,19,21)/t13-,14-/m1/s1. The average molecular weight is 307 g/mol. The molecule has 5 nitrogen and oxygen atoms in total. The third-order valence-electron chi connectivity index (χ3n) is 4.12.